The molecule has 2 bridgehead atoms. The van der Waals surface area contributed by atoms with Gasteiger partial charge in [-0.15, -0.1) is 0 Å². The highest BCUT2D eigenvalue weighted by Gasteiger charge is 2.49. The van der Waals surface area contributed by atoms with E-state index in [0.29, 0.717) is 32.5 Å². The molecule has 1 amide bonds. The molecule has 10 nitrogen and oxygen atoms in total. The van der Waals surface area contributed by atoms with Crippen molar-refractivity contribution in [1.82, 2.24) is 19.9 Å². The number of hydrogen-bond donors (Lipinski definition) is 2. The van der Waals surface area contributed by atoms with E-state index in [-0.39, 0.29) is 45.9 Å². The average Bonchev–Trinajstić information content (AvgIpc) is 3.38. The van der Waals surface area contributed by atoms with Crippen LogP contribution in [-0.4, -0.2) is 44.5 Å². The Morgan fingerprint density at radius 3 is 2.85 bits per heavy atom. The summed E-state index contributed by atoms with van der Waals surface area (Å²) in [6.45, 7) is 1.76. The van der Waals surface area contributed by atoms with Crippen LogP contribution in [-0.2, 0) is 24.2 Å². The second kappa shape index (κ2) is 9.62. The first-order chi connectivity index (χ1) is 19.5. The average molecular weight is 539 g/mol. The number of nitrogens with one attached hydrogen (secondary N) is 2. The first-order valence-electron chi connectivity index (χ1n) is 13.9. The van der Waals surface area contributed by atoms with Crippen molar-refractivity contribution in [2.24, 2.45) is 11.8 Å². The highest BCUT2D eigenvalue weighted by Crippen LogP contribution is 2.47. The Hall–Kier alpha value is -4.47. The molecule has 1 saturated heterocycles. The van der Waals surface area contributed by atoms with E-state index in [1.807, 2.05) is 47.0 Å². The van der Waals surface area contributed by atoms with Crippen molar-refractivity contribution in [1.29, 1.82) is 0 Å². The summed E-state index contributed by atoms with van der Waals surface area (Å²) in [5.74, 6) is 0.776. The van der Waals surface area contributed by atoms with Gasteiger partial charge in [-0.3, -0.25) is 19.7 Å². The quantitative estimate of drug-likeness (QED) is 0.220. The molecule has 7 rings (SSSR count). The zero-order valence-corrected chi connectivity index (χ0v) is 22.0. The summed E-state index contributed by atoms with van der Waals surface area (Å²) in [6.07, 6.45) is 2.81. The summed E-state index contributed by atoms with van der Waals surface area (Å²) in [4.78, 5) is 47.9. The third kappa shape index (κ3) is 4.14. The molecule has 40 heavy (non-hydrogen) atoms. The number of benzene rings is 2. The van der Waals surface area contributed by atoms with Crippen molar-refractivity contribution < 1.29 is 9.72 Å². The number of fused-ring (bicyclic) bond motifs is 9. The van der Waals surface area contributed by atoms with Gasteiger partial charge in [0.25, 0.3) is 11.2 Å². The van der Waals surface area contributed by atoms with Gasteiger partial charge in [0.15, 0.2) is 0 Å². The molecule has 0 spiro atoms. The van der Waals surface area contributed by atoms with Gasteiger partial charge >= 0.3 is 0 Å². The van der Waals surface area contributed by atoms with E-state index in [0.717, 1.165) is 46.6 Å². The van der Waals surface area contributed by atoms with Crippen molar-refractivity contribution in [2.75, 3.05) is 18.0 Å². The van der Waals surface area contributed by atoms with Crippen LogP contribution in [0.5, 0.6) is 0 Å². The molecule has 0 radical (unpaired) electrons. The lowest BCUT2D eigenvalue weighted by Crippen LogP contribution is -2.61. The number of nitro benzene ring substituents is 1. The van der Waals surface area contributed by atoms with Crippen LogP contribution in [0.3, 0.4) is 0 Å². The molecule has 10 heteroatoms. The van der Waals surface area contributed by atoms with Crippen LogP contribution in [0, 0.1) is 22.0 Å². The molecule has 3 aliphatic heterocycles. The Balaban J connectivity index is 1.14. The van der Waals surface area contributed by atoms with Gasteiger partial charge in [0.05, 0.1) is 21.9 Å². The topological polar surface area (TPSA) is 126 Å². The number of amides is 1. The van der Waals surface area contributed by atoms with Crippen LogP contribution in [0.25, 0.3) is 11.0 Å². The highest BCUT2D eigenvalue weighted by atomic mass is 16.6. The van der Waals surface area contributed by atoms with E-state index in [1.165, 1.54) is 0 Å². The lowest BCUT2D eigenvalue weighted by molar-refractivity contribution is -0.384. The molecule has 0 unspecified atom stereocenters. The second-order valence-electron chi connectivity index (χ2n) is 11.2. The Bertz CT molecular complexity index is 1660. The monoisotopic (exact) mass is 538 g/mol. The van der Waals surface area contributed by atoms with Crippen LogP contribution in [0.1, 0.15) is 35.8 Å². The Kier molecular flexibility index (Phi) is 5.91. The zero-order valence-electron chi connectivity index (χ0n) is 22.0. The second-order valence-corrected chi connectivity index (χ2v) is 11.2. The number of anilines is 1. The summed E-state index contributed by atoms with van der Waals surface area (Å²) in [7, 11) is 0. The predicted octanol–water partition coefficient (Wildman–Crippen LogP) is 3.55. The smallest absolute Gasteiger partial charge is 0.269 e. The van der Waals surface area contributed by atoms with Crippen LogP contribution in [0.4, 0.5) is 11.4 Å². The van der Waals surface area contributed by atoms with Crippen molar-refractivity contribution >= 4 is 28.3 Å². The fourth-order valence-electron chi connectivity index (χ4n) is 7.17. The third-order valence-corrected chi connectivity index (χ3v) is 8.87. The summed E-state index contributed by atoms with van der Waals surface area (Å²) < 4.78 is 1.88. The number of H-pyrrole nitrogens is 1. The van der Waals surface area contributed by atoms with Crippen molar-refractivity contribution in [3.05, 3.63) is 98.2 Å². The van der Waals surface area contributed by atoms with Crippen molar-refractivity contribution in [3.8, 4) is 0 Å². The van der Waals surface area contributed by atoms with Crippen LogP contribution < -0.4 is 15.8 Å². The van der Waals surface area contributed by atoms with Gasteiger partial charge in [-0.25, -0.2) is 4.98 Å². The summed E-state index contributed by atoms with van der Waals surface area (Å²) in [6, 6.07) is 18.3. The van der Waals surface area contributed by atoms with Gasteiger partial charge in [-0.2, -0.15) is 0 Å². The molecule has 2 aromatic carbocycles. The molecule has 4 aromatic rings. The van der Waals surface area contributed by atoms with Gasteiger partial charge in [-0.1, -0.05) is 18.2 Å². The van der Waals surface area contributed by atoms with E-state index in [4.69, 9.17) is 0 Å². The summed E-state index contributed by atoms with van der Waals surface area (Å²) >= 11 is 0. The highest BCUT2D eigenvalue weighted by molar-refractivity contribution is 5.82. The maximum absolute atomic E-state index is 13.7. The number of pyridine rings is 1. The molecule has 3 aliphatic rings. The summed E-state index contributed by atoms with van der Waals surface area (Å²) in [5, 5.41) is 14.7. The van der Waals surface area contributed by atoms with Crippen LogP contribution in [0.15, 0.2) is 65.5 Å². The van der Waals surface area contributed by atoms with Gasteiger partial charge in [-0.05, 0) is 55.0 Å². The molecular formula is C30H30N6O4. The molecule has 2 N–H and O–H groups in total. The fourth-order valence-corrected chi connectivity index (χ4v) is 7.17. The Labute approximate surface area is 230 Å². The van der Waals surface area contributed by atoms with E-state index < -0.39 is 0 Å². The third-order valence-electron chi connectivity index (χ3n) is 8.87. The van der Waals surface area contributed by atoms with Crippen molar-refractivity contribution in [2.45, 2.75) is 44.2 Å². The number of hydrogen-bond acceptors (Lipinski definition) is 6. The minimum Gasteiger partial charge on any atom is -0.366 e. The number of rotatable bonds is 6. The number of para-hydroxylation sites is 2. The number of aromatic amines is 1. The lowest BCUT2D eigenvalue weighted by Gasteiger charge is -2.54. The minimum absolute atomic E-state index is 0.000858. The molecule has 0 aliphatic carbocycles. The number of carbonyl (C=O) groups is 1. The Morgan fingerprint density at radius 1 is 1.12 bits per heavy atom. The number of piperidine rings is 1. The SMILES string of the molecule is O=C(NCCCc1nc2ccccc2[nH]1)[C@@H]1Cc2cc([N+](=O)[O-])ccc2N2C[C@H]3C[C@@H](Cn4c3cccc4=O)[C@@H]12. The van der Waals surface area contributed by atoms with Gasteiger partial charge < -0.3 is 19.8 Å². The molecular weight excluding hydrogens is 508 g/mol. The molecule has 0 saturated carbocycles. The molecule has 204 valence electrons. The molecule has 4 atom stereocenters. The lowest BCUT2D eigenvalue weighted by atomic mass is 9.70. The number of imidazole rings is 1. The number of aryl methyl sites for hydroxylation is 1. The maximum atomic E-state index is 13.7. The number of nitro groups is 1. The maximum Gasteiger partial charge on any atom is 0.269 e. The number of non-ortho nitro benzene ring substituents is 1. The number of aromatic nitrogens is 3. The first kappa shape index (κ1) is 24.6. The minimum atomic E-state index is -0.382. The number of carbonyl (C=O) groups excluding carboxylic acids is 1. The standard InChI is InChI=1S/C30H30N6O4/c37-28-9-3-7-25-19-13-20(17-34(25)28)29-22(15-18-14-21(36(39)40)10-11-26(18)35(29)16-19)30(38)31-12-4-8-27-32-23-5-1-2-6-24(23)33-27/h1-3,5-7,9-11,14,19-20,22,29H,4,8,12-13,15-17H2,(H,31,38)(H,32,33)/t19-,20+,22-,29+/m1/s1. The van der Waals surface area contributed by atoms with E-state index in [9.17, 15) is 19.7 Å². The normalized spacial score (nSPS) is 22.8. The zero-order chi connectivity index (χ0) is 27.4. The van der Waals surface area contributed by atoms with Gasteiger partial charge in [0, 0.05) is 67.6 Å². The fraction of sp³-hybridized carbons (Fsp3) is 0.367. The molecule has 2 aromatic heterocycles. The predicted molar refractivity (Wildman–Crippen MR) is 150 cm³/mol. The van der Waals surface area contributed by atoms with Crippen LogP contribution >= 0.6 is 0 Å². The van der Waals surface area contributed by atoms with E-state index >= 15 is 0 Å². The van der Waals surface area contributed by atoms with Gasteiger partial charge in [0.1, 0.15) is 5.82 Å². The van der Waals surface area contributed by atoms with Crippen molar-refractivity contribution in [3.63, 3.8) is 0 Å². The number of nitrogens with zero attached hydrogens (tertiary/aromatic N) is 4. The van der Waals surface area contributed by atoms with Gasteiger partial charge in [0.2, 0.25) is 5.91 Å². The first-order valence-corrected chi connectivity index (χ1v) is 13.9. The van der Waals surface area contributed by atoms with E-state index in [1.54, 1.807) is 18.2 Å². The Morgan fingerprint density at radius 2 is 2.00 bits per heavy atom. The molecule has 1 fully saturated rings. The van der Waals surface area contributed by atoms with Crippen LogP contribution in [0.2, 0.25) is 0 Å². The molecule has 5 heterocycles. The summed E-state index contributed by atoms with van der Waals surface area (Å²) in [5.41, 5.74) is 4.79. The largest absolute Gasteiger partial charge is 0.366 e. The van der Waals surface area contributed by atoms with E-state index in [2.05, 4.69) is 20.2 Å².